The Bertz CT molecular complexity index is 721. The Morgan fingerprint density at radius 3 is 2.35 bits per heavy atom. The maximum Gasteiger partial charge on any atom is 0.309 e. The smallest absolute Gasteiger partial charge is 0.309 e. The zero-order chi connectivity index (χ0) is 18.7. The predicted molar refractivity (Wildman–Crippen MR) is 100 cm³/mol. The number of hydrogen-bond acceptors (Lipinski definition) is 4. The van der Waals surface area contributed by atoms with Gasteiger partial charge in [-0.2, -0.15) is 4.31 Å². The SMILES string of the molecule is Cc1ccc(S(=O)(=O)N2CCC(C(=O)OC3CCCC(C)C3)CC2)cc1. The number of hydrogen-bond donors (Lipinski definition) is 0. The van der Waals surface area contributed by atoms with Crippen LogP contribution in [-0.2, 0) is 19.6 Å². The number of carbonyl (C=O) groups excluding carboxylic acids is 1. The first-order valence-electron chi connectivity index (χ1n) is 9.63. The van der Waals surface area contributed by atoms with E-state index >= 15 is 0 Å². The summed E-state index contributed by atoms with van der Waals surface area (Å²) >= 11 is 0. The first-order chi connectivity index (χ1) is 12.4. The molecule has 144 valence electrons. The summed E-state index contributed by atoms with van der Waals surface area (Å²) in [5, 5.41) is 0. The van der Waals surface area contributed by atoms with Gasteiger partial charge in [-0.25, -0.2) is 8.42 Å². The van der Waals surface area contributed by atoms with E-state index in [-0.39, 0.29) is 18.0 Å². The minimum absolute atomic E-state index is 0.0422. The highest BCUT2D eigenvalue weighted by atomic mass is 32.2. The maximum absolute atomic E-state index is 12.7. The quantitative estimate of drug-likeness (QED) is 0.751. The molecule has 2 aliphatic rings. The van der Waals surface area contributed by atoms with Crippen molar-refractivity contribution in [2.24, 2.45) is 11.8 Å². The molecule has 5 nitrogen and oxygen atoms in total. The minimum Gasteiger partial charge on any atom is -0.462 e. The topological polar surface area (TPSA) is 63.7 Å². The van der Waals surface area contributed by atoms with Gasteiger partial charge in [0.25, 0.3) is 0 Å². The highest BCUT2D eigenvalue weighted by molar-refractivity contribution is 7.89. The average molecular weight is 380 g/mol. The van der Waals surface area contributed by atoms with Crippen LogP contribution < -0.4 is 0 Å². The van der Waals surface area contributed by atoms with E-state index in [2.05, 4.69) is 6.92 Å². The fourth-order valence-corrected chi connectivity index (χ4v) is 5.41. The first-order valence-corrected chi connectivity index (χ1v) is 11.1. The molecular weight excluding hydrogens is 350 g/mol. The molecule has 0 N–H and O–H groups in total. The van der Waals surface area contributed by atoms with Gasteiger partial charge in [0.05, 0.1) is 10.8 Å². The van der Waals surface area contributed by atoms with Crippen LogP contribution in [0.4, 0.5) is 0 Å². The van der Waals surface area contributed by atoms with E-state index in [0.29, 0.717) is 36.7 Å². The molecule has 1 aliphatic carbocycles. The van der Waals surface area contributed by atoms with E-state index in [1.54, 1.807) is 12.1 Å². The van der Waals surface area contributed by atoms with Gasteiger partial charge in [0.2, 0.25) is 10.0 Å². The van der Waals surface area contributed by atoms with Crippen LogP contribution in [0.2, 0.25) is 0 Å². The molecule has 1 aromatic carbocycles. The molecular formula is C20H29NO4S. The number of nitrogens with zero attached hydrogens (tertiary/aromatic N) is 1. The first kappa shape index (κ1) is 19.4. The normalized spacial score (nSPS) is 25.8. The summed E-state index contributed by atoms with van der Waals surface area (Å²) in [6.07, 6.45) is 5.34. The van der Waals surface area contributed by atoms with Gasteiger partial charge in [-0.1, -0.05) is 31.0 Å². The van der Waals surface area contributed by atoms with Crippen molar-refractivity contribution in [3.63, 3.8) is 0 Å². The van der Waals surface area contributed by atoms with Crippen molar-refractivity contribution in [3.8, 4) is 0 Å². The Balaban J connectivity index is 1.55. The third-order valence-corrected chi connectivity index (χ3v) is 7.53. The molecule has 0 aromatic heterocycles. The molecule has 2 atom stereocenters. The lowest BCUT2D eigenvalue weighted by Gasteiger charge is -2.32. The molecule has 6 heteroatoms. The van der Waals surface area contributed by atoms with Crippen LogP contribution in [0.5, 0.6) is 0 Å². The molecule has 1 heterocycles. The lowest BCUT2D eigenvalue weighted by molar-refractivity contribution is -0.157. The summed E-state index contributed by atoms with van der Waals surface area (Å²) in [6.45, 7) is 4.88. The summed E-state index contributed by atoms with van der Waals surface area (Å²) < 4.78 is 32.7. The van der Waals surface area contributed by atoms with E-state index in [1.807, 2.05) is 19.1 Å². The van der Waals surface area contributed by atoms with Crippen LogP contribution >= 0.6 is 0 Å². The van der Waals surface area contributed by atoms with Crippen LogP contribution in [0.3, 0.4) is 0 Å². The van der Waals surface area contributed by atoms with Crippen molar-refractivity contribution in [1.29, 1.82) is 0 Å². The molecule has 1 saturated heterocycles. The molecule has 1 aliphatic heterocycles. The number of esters is 1. The number of sulfonamides is 1. The van der Waals surface area contributed by atoms with Crippen molar-refractivity contribution in [1.82, 2.24) is 4.31 Å². The lowest BCUT2D eigenvalue weighted by Crippen LogP contribution is -2.41. The van der Waals surface area contributed by atoms with Gasteiger partial charge in [-0.05, 0) is 57.1 Å². The van der Waals surface area contributed by atoms with Crippen molar-refractivity contribution in [2.45, 2.75) is 63.4 Å². The van der Waals surface area contributed by atoms with Crippen LogP contribution in [-0.4, -0.2) is 37.9 Å². The minimum atomic E-state index is -3.48. The molecule has 2 unspecified atom stereocenters. The number of benzene rings is 1. The van der Waals surface area contributed by atoms with Gasteiger partial charge in [0.1, 0.15) is 6.10 Å². The van der Waals surface area contributed by atoms with E-state index in [1.165, 1.54) is 10.7 Å². The standard InChI is InChI=1S/C20H29NO4S/c1-15-6-8-19(9-7-15)26(23,24)21-12-10-17(11-13-21)20(22)25-18-5-3-4-16(2)14-18/h6-9,16-18H,3-5,10-14H2,1-2H3. The number of rotatable bonds is 4. The van der Waals surface area contributed by atoms with E-state index < -0.39 is 10.0 Å². The summed E-state index contributed by atoms with van der Waals surface area (Å²) in [5.74, 6) is 0.288. The Kier molecular flexibility index (Phi) is 6.03. The van der Waals surface area contributed by atoms with Gasteiger partial charge < -0.3 is 4.74 Å². The Hall–Kier alpha value is -1.40. The third-order valence-electron chi connectivity index (χ3n) is 5.62. The molecule has 26 heavy (non-hydrogen) atoms. The number of carbonyl (C=O) groups is 1. The third kappa shape index (κ3) is 4.46. The Morgan fingerprint density at radius 1 is 1.08 bits per heavy atom. The molecule has 0 bridgehead atoms. The fraction of sp³-hybridized carbons (Fsp3) is 0.650. The van der Waals surface area contributed by atoms with Crippen molar-refractivity contribution in [3.05, 3.63) is 29.8 Å². The predicted octanol–water partition coefficient (Wildman–Crippen LogP) is 3.52. The van der Waals surface area contributed by atoms with Crippen molar-refractivity contribution in [2.75, 3.05) is 13.1 Å². The number of aryl methyl sites for hydroxylation is 1. The van der Waals surface area contributed by atoms with Gasteiger partial charge in [0, 0.05) is 13.1 Å². The largest absolute Gasteiger partial charge is 0.462 e. The molecule has 0 radical (unpaired) electrons. The number of ether oxygens (including phenoxy) is 1. The molecule has 1 aromatic rings. The average Bonchev–Trinajstić information content (AvgIpc) is 2.62. The molecule has 1 saturated carbocycles. The van der Waals surface area contributed by atoms with Crippen LogP contribution in [0.1, 0.15) is 51.0 Å². The summed E-state index contributed by atoms with van der Waals surface area (Å²) in [4.78, 5) is 12.8. The summed E-state index contributed by atoms with van der Waals surface area (Å²) in [5.41, 5.74) is 1.03. The Labute approximate surface area is 156 Å². The zero-order valence-electron chi connectivity index (χ0n) is 15.7. The van der Waals surface area contributed by atoms with Gasteiger partial charge >= 0.3 is 5.97 Å². The molecule has 3 rings (SSSR count). The highest BCUT2D eigenvalue weighted by Crippen LogP contribution is 2.29. The summed E-state index contributed by atoms with van der Waals surface area (Å²) in [7, 11) is -3.48. The van der Waals surface area contributed by atoms with Crippen molar-refractivity contribution < 1.29 is 17.9 Å². The van der Waals surface area contributed by atoms with E-state index in [4.69, 9.17) is 4.74 Å². The zero-order valence-corrected chi connectivity index (χ0v) is 16.5. The molecule has 0 spiro atoms. The maximum atomic E-state index is 12.7. The van der Waals surface area contributed by atoms with Gasteiger partial charge in [0.15, 0.2) is 0 Å². The van der Waals surface area contributed by atoms with Crippen LogP contribution in [0.15, 0.2) is 29.2 Å². The van der Waals surface area contributed by atoms with E-state index in [9.17, 15) is 13.2 Å². The monoisotopic (exact) mass is 379 g/mol. The molecule has 2 fully saturated rings. The van der Waals surface area contributed by atoms with Crippen LogP contribution in [0.25, 0.3) is 0 Å². The Morgan fingerprint density at radius 2 is 1.73 bits per heavy atom. The highest BCUT2D eigenvalue weighted by Gasteiger charge is 2.34. The van der Waals surface area contributed by atoms with Crippen molar-refractivity contribution >= 4 is 16.0 Å². The second kappa shape index (κ2) is 8.09. The fourth-order valence-electron chi connectivity index (χ4n) is 3.94. The second-order valence-corrected chi connectivity index (χ2v) is 9.76. The van der Waals surface area contributed by atoms with Crippen LogP contribution in [0, 0.1) is 18.8 Å². The second-order valence-electron chi connectivity index (χ2n) is 7.82. The van der Waals surface area contributed by atoms with Gasteiger partial charge in [-0.3, -0.25) is 4.79 Å². The summed E-state index contributed by atoms with van der Waals surface area (Å²) in [6, 6.07) is 6.91. The van der Waals surface area contributed by atoms with Gasteiger partial charge in [-0.15, -0.1) is 0 Å². The number of piperidine rings is 1. The lowest BCUT2D eigenvalue weighted by atomic mass is 9.88. The molecule has 0 amide bonds. The van der Waals surface area contributed by atoms with E-state index in [0.717, 1.165) is 24.8 Å².